The van der Waals surface area contributed by atoms with Crippen LogP contribution in [0.15, 0.2) is 42.5 Å². The van der Waals surface area contributed by atoms with Gasteiger partial charge in [-0.1, -0.05) is 18.2 Å². The van der Waals surface area contributed by atoms with E-state index in [4.69, 9.17) is 4.74 Å². The Bertz CT molecular complexity index is 684. The molecule has 4 heteroatoms. The number of methoxy groups -OCH3 is 1. The van der Waals surface area contributed by atoms with Crippen LogP contribution in [0, 0.1) is 5.82 Å². The number of amides is 1. The smallest absolute Gasteiger partial charge is 0.258 e. The maximum Gasteiger partial charge on any atom is 0.258 e. The molecule has 0 aliphatic carbocycles. The maximum absolute atomic E-state index is 13.8. The lowest BCUT2D eigenvalue weighted by Gasteiger charge is -2.29. The van der Waals surface area contributed by atoms with Gasteiger partial charge in [-0.05, 0) is 42.7 Å². The highest BCUT2D eigenvalue weighted by Gasteiger charge is 2.23. The predicted molar refractivity (Wildman–Crippen MR) is 79.4 cm³/mol. The molecule has 3 rings (SSSR count). The van der Waals surface area contributed by atoms with Crippen molar-refractivity contribution >= 4 is 11.6 Å². The van der Waals surface area contributed by atoms with E-state index in [1.807, 2.05) is 24.3 Å². The Morgan fingerprint density at radius 3 is 2.81 bits per heavy atom. The summed E-state index contributed by atoms with van der Waals surface area (Å²) in [5, 5.41) is 0. The lowest BCUT2D eigenvalue weighted by molar-refractivity contribution is 0.0984. The SMILES string of the molecule is COc1ccc(C(=O)N2CCCc3ccccc32)cc1F. The molecule has 0 saturated carbocycles. The number of nitrogens with zero attached hydrogens (tertiary/aromatic N) is 1. The van der Waals surface area contributed by atoms with Crippen molar-refractivity contribution in [3.8, 4) is 5.75 Å². The highest BCUT2D eigenvalue weighted by molar-refractivity contribution is 6.06. The summed E-state index contributed by atoms with van der Waals surface area (Å²) in [6.07, 6.45) is 1.89. The average Bonchev–Trinajstić information content (AvgIpc) is 2.53. The van der Waals surface area contributed by atoms with E-state index in [1.165, 1.54) is 19.2 Å². The molecule has 0 fully saturated rings. The van der Waals surface area contributed by atoms with Gasteiger partial charge in [-0.25, -0.2) is 4.39 Å². The number of ether oxygens (including phenoxy) is 1. The molecule has 1 heterocycles. The van der Waals surface area contributed by atoms with E-state index in [0.717, 1.165) is 24.1 Å². The van der Waals surface area contributed by atoms with Gasteiger partial charge in [0, 0.05) is 17.8 Å². The zero-order valence-corrected chi connectivity index (χ0v) is 11.8. The minimum absolute atomic E-state index is 0.144. The highest BCUT2D eigenvalue weighted by Crippen LogP contribution is 2.28. The number of carbonyl (C=O) groups excluding carboxylic acids is 1. The summed E-state index contributed by atoms with van der Waals surface area (Å²) < 4.78 is 18.7. The van der Waals surface area contributed by atoms with Gasteiger partial charge in [0.05, 0.1) is 7.11 Å². The summed E-state index contributed by atoms with van der Waals surface area (Å²) >= 11 is 0. The molecule has 3 nitrogen and oxygen atoms in total. The van der Waals surface area contributed by atoms with Gasteiger partial charge < -0.3 is 9.64 Å². The largest absolute Gasteiger partial charge is 0.494 e. The van der Waals surface area contributed by atoms with E-state index in [1.54, 1.807) is 11.0 Å². The van der Waals surface area contributed by atoms with E-state index in [0.29, 0.717) is 12.1 Å². The van der Waals surface area contributed by atoms with E-state index in [2.05, 4.69) is 0 Å². The first-order valence-corrected chi connectivity index (χ1v) is 6.94. The average molecular weight is 285 g/mol. The van der Waals surface area contributed by atoms with Gasteiger partial charge in [0.2, 0.25) is 0 Å². The van der Waals surface area contributed by atoms with Crippen LogP contribution in [0.2, 0.25) is 0 Å². The molecule has 0 unspecified atom stereocenters. The van der Waals surface area contributed by atoms with Gasteiger partial charge in [0.15, 0.2) is 11.6 Å². The van der Waals surface area contributed by atoms with E-state index >= 15 is 0 Å². The fourth-order valence-corrected chi connectivity index (χ4v) is 2.70. The fraction of sp³-hybridized carbons (Fsp3) is 0.235. The van der Waals surface area contributed by atoms with Crippen LogP contribution < -0.4 is 9.64 Å². The van der Waals surface area contributed by atoms with Crippen LogP contribution in [0.4, 0.5) is 10.1 Å². The molecule has 0 aromatic heterocycles. The number of benzene rings is 2. The van der Waals surface area contributed by atoms with Gasteiger partial charge in [-0.15, -0.1) is 0 Å². The first-order valence-electron chi connectivity index (χ1n) is 6.94. The Hall–Kier alpha value is -2.36. The minimum Gasteiger partial charge on any atom is -0.494 e. The first kappa shape index (κ1) is 13.6. The van der Waals surface area contributed by atoms with E-state index in [9.17, 15) is 9.18 Å². The second-order valence-electron chi connectivity index (χ2n) is 5.04. The van der Waals surface area contributed by atoms with Crippen molar-refractivity contribution in [2.24, 2.45) is 0 Å². The summed E-state index contributed by atoms with van der Waals surface area (Å²) in [6, 6.07) is 12.2. The van der Waals surface area contributed by atoms with Gasteiger partial charge in [0.25, 0.3) is 5.91 Å². The number of aryl methyl sites for hydroxylation is 1. The lowest BCUT2D eigenvalue weighted by atomic mass is 10.0. The van der Waals surface area contributed by atoms with Crippen molar-refractivity contribution in [1.82, 2.24) is 0 Å². The van der Waals surface area contributed by atoms with E-state index in [-0.39, 0.29) is 11.7 Å². The molecule has 0 N–H and O–H groups in total. The normalized spacial score (nSPS) is 13.7. The Morgan fingerprint density at radius 2 is 2.05 bits per heavy atom. The lowest BCUT2D eigenvalue weighted by Crippen LogP contribution is -2.35. The first-order chi connectivity index (χ1) is 10.2. The molecule has 2 aromatic rings. The minimum atomic E-state index is -0.520. The summed E-state index contributed by atoms with van der Waals surface area (Å²) in [6.45, 7) is 0.656. The third kappa shape index (κ3) is 2.49. The Morgan fingerprint density at radius 1 is 1.24 bits per heavy atom. The molecule has 2 aromatic carbocycles. The number of anilines is 1. The van der Waals surface area contributed by atoms with Crippen LogP contribution in [0.3, 0.4) is 0 Å². The molecule has 1 aliphatic heterocycles. The van der Waals surface area contributed by atoms with Crippen LogP contribution in [-0.2, 0) is 6.42 Å². The molecular formula is C17H16FNO2. The third-order valence-electron chi connectivity index (χ3n) is 3.75. The molecule has 1 aliphatic rings. The Labute approximate surface area is 123 Å². The Kier molecular flexibility index (Phi) is 3.60. The van der Waals surface area contributed by atoms with Crippen LogP contribution in [0.25, 0.3) is 0 Å². The quantitative estimate of drug-likeness (QED) is 0.846. The monoisotopic (exact) mass is 285 g/mol. The second kappa shape index (κ2) is 5.56. The predicted octanol–water partition coefficient (Wildman–Crippen LogP) is 3.43. The zero-order chi connectivity index (χ0) is 14.8. The topological polar surface area (TPSA) is 29.5 Å². The van der Waals surface area contributed by atoms with Gasteiger partial charge in [0.1, 0.15) is 0 Å². The van der Waals surface area contributed by atoms with Crippen molar-refractivity contribution in [2.45, 2.75) is 12.8 Å². The molecular weight excluding hydrogens is 269 g/mol. The molecule has 0 atom stereocenters. The summed E-state index contributed by atoms with van der Waals surface area (Å²) in [4.78, 5) is 14.4. The summed E-state index contributed by atoms with van der Waals surface area (Å²) in [5.74, 6) is -0.553. The summed E-state index contributed by atoms with van der Waals surface area (Å²) in [5.41, 5.74) is 2.42. The van der Waals surface area contributed by atoms with Gasteiger partial charge in [-0.3, -0.25) is 4.79 Å². The van der Waals surface area contributed by atoms with Crippen molar-refractivity contribution in [3.63, 3.8) is 0 Å². The number of rotatable bonds is 2. The van der Waals surface area contributed by atoms with Crippen molar-refractivity contribution in [3.05, 3.63) is 59.4 Å². The molecule has 1 amide bonds. The maximum atomic E-state index is 13.8. The second-order valence-corrected chi connectivity index (χ2v) is 5.04. The van der Waals surface area contributed by atoms with Crippen molar-refractivity contribution < 1.29 is 13.9 Å². The van der Waals surface area contributed by atoms with Crippen molar-refractivity contribution in [1.29, 1.82) is 0 Å². The van der Waals surface area contributed by atoms with Crippen LogP contribution in [0.5, 0.6) is 5.75 Å². The number of halogens is 1. The molecule has 21 heavy (non-hydrogen) atoms. The fourth-order valence-electron chi connectivity index (χ4n) is 2.70. The number of hydrogen-bond acceptors (Lipinski definition) is 2. The molecule has 0 bridgehead atoms. The number of para-hydroxylation sites is 1. The summed E-state index contributed by atoms with van der Waals surface area (Å²) in [7, 11) is 1.40. The van der Waals surface area contributed by atoms with Gasteiger partial charge in [-0.2, -0.15) is 0 Å². The number of hydrogen-bond donors (Lipinski definition) is 0. The van der Waals surface area contributed by atoms with Crippen molar-refractivity contribution in [2.75, 3.05) is 18.6 Å². The van der Waals surface area contributed by atoms with Gasteiger partial charge >= 0.3 is 0 Å². The third-order valence-corrected chi connectivity index (χ3v) is 3.75. The van der Waals surface area contributed by atoms with E-state index < -0.39 is 5.82 Å². The number of fused-ring (bicyclic) bond motifs is 1. The Balaban J connectivity index is 1.95. The van der Waals surface area contributed by atoms with Crippen LogP contribution in [0.1, 0.15) is 22.3 Å². The van der Waals surface area contributed by atoms with Crippen LogP contribution in [-0.4, -0.2) is 19.6 Å². The zero-order valence-electron chi connectivity index (χ0n) is 11.8. The number of carbonyl (C=O) groups is 1. The highest BCUT2D eigenvalue weighted by atomic mass is 19.1. The van der Waals surface area contributed by atoms with Crippen LogP contribution >= 0.6 is 0 Å². The molecule has 0 spiro atoms. The standard InChI is InChI=1S/C17H16FNO2/c1-21-16-9-8-13(11-14(16)18)17(20)19-10-4-6-12-5-2-3-7-15(12)19/h2-3,5,7-9,11H,4,6,10H2,1H3. The molecule has 0 radical (unpaired) electrons. The molecule has 108 valence electrons. The molecule has 0 saturated heterocycles.